The van der Waals surface area contributed by atoms with Gasteiger partial charge in [0, 0.05) is 38.2 Å². The molecule has 1 aromatic carbocycles. The molecule has 1 aliphatic heterocycles. The van der Waals surface area contributed by atoms with Crippen LogP contribution in [0.2, 0.25) is 0 Å². The summed E-state index contributed by atoms with van der Waals surface area (Å²) in [5.41, 5.74) is 13.3. The summed E-state index contributed by atoms with van der Waals surface area (Å²) < 4.78 is 2.11. The van der Waals surface area contributed by atoms with Gasteiger partial charge in [-0.3, -0.25) is 19.1 Å². The third-order valence-electron chi connectivity index (χ3n) is 9.58. The Morgan fingerprint density at radius 2 is 1.76 bits per heavy atom. The van der Waals surface area contributed by atoms with E-state index in [0.717, 1.165) is 43.6 Å². The molecule has 2 atom stereocenters. The SMILES string of the molecule is CC.CC(C)(C)CC(=O)N1CCC(O)C1.Cc1cnn(CC2(CCC(N)=O)CCCCC2)c1C.Cc1ncsc1-c1ccc(C(C)NC=O)cc1. The number of thiazole rings is 1. The zero-order chi connectivity index (χ0) is 38.2. The zero-order valence-corrected chi connectivity index (χ0v) is 33.4. The van der Waals surface area contributed by atoms with Crippen LogP contribution in [0.15, 0.2) is 36.0 Å². The van der Waals surface area contributed by atoms with Crippen molar-refractivity contribution in [3.8, 4) is 10.4 Å². The monoisotopic (exact) mass is 724 g/mol. The van der Waals surface area contributed by atoms with Crippen molar-refractivity contribution < 1.29 is 19.5 Å². The van der Waals surface area contributed by atoms with E-state index in [1.807, 2.05) is 51.5 Å². The quantitative estimate of drug-likeness (QED) is 0.183. The molecular formula is C40H64N6O4S. The number of primary amides is 1. The third kappa shape index (κ3) is 14.5. The summed E-state index contributed by atoms with van der Waals surface area (Å²) in [6, 6.07) is 8.26. The fourth-order valence-corrected chi connectivity index (χ4v) is 7.24. The van der Waals surface area contributed by atoms with Crippen molar-refractivity contribution in [1.29, 1.82) is 0 Å². The smallest absolute Gasteiger partial charge is 0.223 e. The van der Waals surface area contributed by atoms with Crippen molar-refractivity contribution >= 4 is 29.6 Å². The molecule has 2 aliphatic rings. The molecule has 4 N–H and O–H groups in total. The molecule has 1 saturated heterocycles. The number of benzene rings is 1. The number of hydrogen-bond donors (Lipinski definition) is 3. The van der Waals surface area contributed by atoms with Gasteiger partial charge in [0.2, 0.25) is 18.2 Å². The van der Waals surface area contributed by atoms with Crippen molar-refractivity contribution in [2.24, 2.45) is 16.6 Å². The van der Waals surface area contributed by atoms with Gasteiger partial charge in [-0.05, 0) is 80.9 Å². The van der Waals surface area contributed by atoms with Gasteiger partial charge < -0.3 is 21.1 Å². The molecule has 1 saturated carbocycles. The molecule has 2 fully saturated rings. The van der Waals surface area contributed by atoms with Crippen LogP contribution in [0, 0.1) is 31.6 Å². The van der Waals surface area contributed by atoms with Crippen LogP contribution in [0.1, 0.15) is 128 Å². The predicted molar refractivity (Wildman–Crippen MR) is 208 cm³/mol. The summed E-state index contributed by atoms with van der Waals surface area (Å²) in [7, 11) is 0. The van der Waals surface area contributed by atoms with E-state index in [1.54, 1.807) is 16.2 Å². The molecule has 1 aliphatic carbocycles. The van der Waals surface area contributed by atoms with E-state index in [0.29, 0.717) is 19.4 Å². The number of aromatic nitrogens is 3. The molecule has 10 nitrogen and oxygen atoms in total. The average Bonchev–Trinajstić information content (AvgIpc) is 3.82. The lowest BCUT2D eigenvalue weighted by atomic mass is 9.71. The molecule has 2 aromatic heterocycles. The Bertz CT molecular complexity index is 1490. The van der Waals surface area contributed by atoms with E-state index in [-0.39, 0.29) is 34.8 Å². The molecule has 2 unspecified atom stereocenters. The van der Waals surface area contributed by atoms with Crippen LogP contribution < -0.4 is 11.1 Å². The molecule has 5 rings (SSSR count). The minimum Gasteiger partial charge on any atom is -0.391 e. The van der Waals surface area contributed by atoms with Crippen molar-refractivity contribution in [2.45, 2.75) is 139 Å². The Kier molecular flexibility index (Phi) is 18.0. The highest BCUT2D eigenvalue weighted by Gasteiger charge is 2.33. The molecule has 284 valence electrons. The van der Waals surface area contributed by atoms with Crippen molar-refractivity contribution in [3.63, 3.8) is 0 Å². The number of rotatable bonds is 10. The second-order valence-corrected chi connectivity index (χ2v) is 15.9. The molecule has 0 radical (unpaired) electrons. The van der Waals surface area contributed by atoms with Crippen LogP contribution in [0.3, 0.4) is 0 Å². The first-order valence-electron chi connectivity index (χ1n) is 18.6. The Morgan fingerprint density at radius 3 is 2.24 bits per heavy atom. The lowest BCUT2D eigenvalue weighted by Gasteiger charge is -2.37. The van der Waals surface area contributed by atoms with Gasteiger partial charge in [0.05, 0.1) is 34.4 Å². The fourth-order valence-electron chi connectivity index (χ4n) is 6.43. The topological polar surface area (TPSA) is 143 Å². The number of aliphatic hydroxyl groups is 1. The number of aliphatic hydroxyl groups excluding tert-OH is 1. The maximum Gasteiger partial charge on any atom is 0.223 e. The number of nitrogens with two attached hydrogens (primary N) is 1. The van der Waals surface area contributed by atoms with Crippen LogP contribution in [-0.2, 0) is 20.9 Å². The van der Waals surface area contributed by atoms with Gasteiger partial charge >= 0.3 is 0 Å². The van der Waals surface area contributed by atoms with Crippen LogP contribution in [0.4, 0.5) is 0 Å². The van der Waals surface area contributed by atoms with E-state index in [2.05, 4.69) is 66.8 Å². The molecule has 0 bridgehead atoms. The molecule has 51 heavy (non-hydrogen) atoms. The third-order valence-corrected chi connectivity index (χ3v) is 10.6. The molecule has 3 aromatic rings. The van der Waals surface area contributed by atoms with Gasteiger partial charge in [-0.25, -0.2) is 4.98 Å². The van der Waals surface area contributed by atoms with E-state index in [4.69, 9.17) is 5.73 Å². The van der Waals surface area contributed by atoms with Crippen LogP contribution >= 0.6 is 11.3 Å². The van der Waals surface area contributed by atoms with Crippen LogP contribution in [0.5, 0.6) is 0 Å². The van der Waals surface area contributed by atoms with Crippen LogP contribution in [-0.4, -0.2) is 62.2 Å². The van der Waals surface area contributed by atoms with Crippen molar-refractivity contribution in [2.75, 3.05) is 13.1 Å². The molecule has 3 amide bonds. The maximum atomic E-state index is 11.6. The molecule has 3 heterocycles. The second-order valence-electron chi connectivity index (χ2n) is 15.0. The minimum atomic E-state index is -0.302. The Labute approximate surface area is 310 Å². The maximum absolute atomic E-state index is 11.6. The molecule has 11 heteroatoms. The summed E-state index contributed by atoms with van der Waals surface area (Å²) in [6.07, 6.45) is 11.3. The van der Waals surface area contributed by atoms with Crippen molar-refractivity contribution in [1.82, 2.24) is 25.0 Å². The highest BCUT2D eigenvalue weighted by molar-refractivity contribution is 7.13. The van der Waals surface area contributed by atoms with Gasteiger partial charge in [-0.2, -0.15) is 5.10 Å². The fraction of sp³-hybridized carbons (Fsp3) is 0.625. The highest BCUT2D eigenvalue weighted by Crippen LogP contribution is 2.42. The largest absolute Gasteiger partial charge is 0.391 e. The number of β-amino-alcohol motifs (C(OH)–C–C–N with tert-alkyl or cyclic N) is 1. The first-order chi connectivity index (χ1) is 24.1. The lowest BCUT2D eigenvalue weighted by Crippen LogP contribution is -2.32. The molecule has 0 spiro atoms. The second kappa shape index (κ2) is 21.1. The number of nitrogens with one attached hydrogen (secondary N) is 1. The summed E-state index contributed by atoms with van der Waals surface area (Å²) in [5.74, 6) is -0.0117. The Hall–Kier alpha value is -3.57. The number of amides is 3. The highest BCUT2D eigenvalue weighted by atomic mass is 32.1. The zero-order valence-electron chi connectivity index (χ0n) is 32.6. The summed E-state index contributed by atoms with van der Waals surface area (Å²) in [6.45, 7) is 20.5. The predicted octanol–water partition coefficient (Wildman–Crippen LogP) is 7.68. The van der Waals surface area contributed by atoms with E-state index < -0.39 is 0 Å². The summed E-state index contributed by atoms with van der Waals surface area (Å²) in [5, 5.41) is 16.5. The van der Waals surface area contributed by atoms with Gasteiger partial charge in [0.25, 0.3) is 0 Å². The normalized spacial score (nSPS) is 17.1. The van der Waals surface area contributed by atoms with E-state index >= 15 is 0 Å². The summed E-state index contributed by atoms with van der Waals surface area (Å²) in [4.78, 5) is 40.3. The number of hydrogen-bond acceptors (Lipinski definition) is 7. The van der Waals surface area contributed by atoms with Gasteiger partial charge in [-0.1, -0.05) is 78.1 Å². The number of aryl methyl sites for hydroxylation is 2. The first kappa shape index (κ1) is 43.6. The number of nitrogens with zero attached hydrogens (tertiary/aromatic N) is 4. The van der Waals surface area contributed by atoms with Gasteiger partial charge in [-0.15, -0.1) is 11.3 Å². The number of carbonyl (C=O) groups is 3. The average molecular weight is 725 g/mol. The van der Waals surface area contributed by atoms with E-state index in [9.17, 15) is 19.5 Å². The van der Waals surface area contributed by atoms with Crippen LogP contribution in [0.25, 0.3) is 10.4 Å². The first-order valence-corrected chi connectivity index (χ1v) is 19.4. The Morgan fingerprint density at radius 1 is 1.12 bits per heavy atom. The van der Waals surface area contributed by atoms with Gasteiger partial charge in [0.15, 0.2) is 0 Å². The van der Waals surface area contributed by atoms with Gasteiger partial charge in [0.1, 0.15) is 0 Å². The number of likely N-dealkylation sites (tertiary alicyclic amines) is 1. The van der Waals surface area contributed by atoms with Crippen molar-refractivity contribution in [3.05, 3.63) is 58.5 Å². The Balaban J connectivity index is 0.000000263. The lowest BCUT2D eigenvalue weighted by molar-refractivity contribution is -0.132. The standard InChI is InChI=1S/C15H25N3O.C13H14N2OS.C10H19NO2.C2H6/c1-12-10-17-18(13(12)2)11-15(9-6-14(16)19)7-4-3-5-8-15;1-9(14-7-16)11-3-5-12(6-4-11)13-10(2)15-8-17-13;1-10(2,3)6-9(13)11-5-4-8(12)7-11;1-2/h10H,3-9,11H2,1-2H3,(H2,16,19);3-9H,1-2H3,(H,14,16);8,12H,4-7H2,1-3H3;1-2H3. The van der Waals surface area contributed by atoms with E-state index in [1.165, 1.54) is 53.8 Å². The minimum absolute atomic E-state index is 0.0455. The summed E-state index contributed by atoms with van der Waals surface area (Å²) >= 11 is 1.64. The molecular weight excluding hydrogens is 661 g/mol. The number of carbonyl (C=O) groups excluding carboxylic acids is 3.